The third-order valence-electron chi connectivity index (χ3n) is 1.84. The second-order valence-corrected chi connectivity index (χ2v) is 6.05. The summed E-state index contributed by atoms with van der Waals surface area (Å²) < 4.78 is 67.0. The van der Waals surface area contributed by atoms with Crippen LogP contribution in [0.25, 0.3) is 0 Å². The summed E-state index contributed by atoms with van der Waals surface area (Å²) in [6.45, 7) is 0. The molecule has 8 heteroatoms. The molecule has 0 amide bonds. The monoisotopic (exact) mass is 326 g/mol. The van der Waals surface area contributed by atoms with Gasteiger partial charge in [0.15, 0.2) is 0 Å². The molecule has 0 bridgehead atoms. The average Bonchev–Trinajstić information content (AvgIpc) is 2.13. The van der Waals surface area contributed by atoms with E-state index in [9.17, 15) is 19.4 Å². The number of alkyl halides is 1. The van der Waals surface area contributed by atoms with Crippen molar-refractivity contribution in [3.05, 3.63) is 23.8 Å². The van der Waals surface area contributed by atoms with E-state index >= 15 is 0 Å². The molecule has 0 aliphatic carbocycles. The van der Waals surface area contributed by atoms with Gasteiger partial charge in [-0.1, -0.05) is 35.4 Å². The second-order valence-electron chi connectivity index (χ2n) is 3.08. The number of rotatable bonds is 3. The molecule has 1 rings (SSSR count). The lowest BCUT2D eigenvalue weighted by molar-refractivity contribution is 0.363. The van der Waals surface area contributed by atoms with Gasteiger partial charge >= 0.3 is 10.2 Å². The summed E-state index contributed by atoms with van der Waals surface area (Å²) in [5.41, 5.74) is 0.0215. The van der Waals surface area contributed by atoms with Gasteiger partial charge in [-0.25, -0.2) is 0 Å². The van der Waals surface area contributed by atoms with Gasteiger partial charge in [-0.3, -0.25) is 0 Å². The molecule has 0 N–H and O–H groups in total. The van der Waals surface area contributed by atoms with Gasteiger partial charge in [0.2, 0.25) is 0 Å². The highest BCUT2D eigenvalue weighted by atomic mass is 79.9. The van der Waals surface area contributed by atoms with E-state index in [1.165, 1.54) is 7.11 Å². The number of halogens is 6. The molecule has 1 aromatic carbocycles. The normalized spacial score (nSPS) is 16.4. The Morgan fingerprint density at radius 3 is 2.12 bits per heavy atom. The minimum Gasteiger partial charge on any atom is -0.496 e. The predicted molar refractivity (Wildman–Crippen MR) is 57.0 cm³/mol. The van der Waals surface area contributed by atoms with E-state index in [-0.39, 0.29) is 16.6 Å². The average molecular weight is 327 g/mol. The zero-order valence-electron chi connectivity index (χ0n) is 8.02. The molecule has 0 fully saturated rings. The topological polar surface area (TPSA) is 9.23 Å². The Labute approximate surface area is 97.4 Å². The largest absolute Gasteiger partial charge is 0.496 e. The highest BCUT2D eigenvalue weighted by Gasteiger charge is 2.65. The molecule has 1 nitrogen and oxygen atoms in total. The SMILES string of the molecule is COc1ccc(S(F)(F)(F)(F)F)cc1CBr. The minimum absolute atomic E-state index is 0.00213. The molecule has 94 valence electrons. The highest BCUT2D eigenvalue weighted by Crippen LogP contribution is 3.02. The molecule has 0 aliphatic rings. The first-order valence-electron chi connectivity index (χ1n) is 3.95. The molecular weight excluding hydrogens is 319 g/mol. The lowest BCUT2D eigenvalue weighted by Gasteiger charge is -2.40. The van der Waals surface area contributed by atoms with Crippen molar-refractivity contribution in [3.63, 3.8) is 0 Å². The van der Waals surface area contributed by atoms with Crippen LogP contribution >= 0.6 is 26.2 Å². The first kappa shape index (κ1) is 13.6. The lowest BCUT2D eigenvalue weighted by atomic mass is 10.2. The Morgan fingerprint density at radius 2 is 1.75 bits per heavy atom. The molecule has 0 saturated carbocycles. The van der Waals surface area contributed by atoms with Crippen LogP contribution in [0.3, 0.4) is 0 Å². The quantitative estimate of drug-likeness (QED) is 0.544. The van der Waals surface area contributed by atoms with Crippen molar-refractivity contribution in [2.45, 2.75) is 10.2 Å². The predicted octanol–water partition coefficient (Wildman–Crippen LogP) is 5.25. The van der Waals surface area contributed by atoms with E-state index in [4.69, 9.17) is 4.74 Å². The highest BCUT2D eigenvalue weighted by molar-refractivity contribution is 9.08. The van der Waals surface area contributed by atoms with Crippen LogP contribution in [0, 0.1) is 0 Å². The van der Waals surface area contributed by atoms with Crippen LogP contribution in [0.5, 0.6) is 5.75 Å². The Hall–Kier alpha value is -0.500. The zero-order chi connectivity index (χ0) is 12.7. The van der Waals surface area contributed by atoms with Gasteiger partial charge in [-0.05, 0) is 18.2 Å². The standard InChI is InChI=1S/C8H8BrF5OS/c1-15-8-3-2-7(4-6(8)5-9)16(10,11,12,13)14/h2-4H,5H2,1H3. The van der Waals surface area contributed by atoms with E-state index in [2.05, 4.69) is 15.9 Å². The summed E-state index contributed by atoms with van der Waals surface area (Å²) in [5, 5.41) is -0.00213. The van der Waals surface area contributed by atoms with Gasteiger partial charge in [0, 0.05) is 10.9 Å². The molecule has 0 spiro atoms. The van der Waals surface area contributed by atoms with Crippen molar-refractivity contribution in [1.29, 1.82) is 0 Å². The van der Waals surface area contributed by atoms with Crippen LogP contribution in [0.4, 0.5) is 19.4 Å². The third-order valence-corrected chi connectivity index (χ3v) is 3.59. The number of ether oxygens (including phenoxy) is 1. The van der Waals surface area contributed by atoms with Gasteiger partial charge in [0.1, 0.15) is 10.6 Å². The first-order valence-corrected chi connectivity index (χ1v) is 7.02. The second kappa shape index (κ2) is 3.25. The Balaban J connectivity index is 3.42. The summed E-state index contributed by atoms with van der Waals surface area (Å²) in [7, 11) is -8.35. The Morgan fingerprint density at radius 1 is 1.19 bits per heavy atom. The van der Waals surface area contributed by atoms with Crippen LogP contribution in [-0.4, -0.2) is 7.11 Å². The molecule has 0 aromatic heterocycles. The molecular formula is C8H8BrF5OS. The van der Waals surface area contributed by atoms with Gasteiger partial charge in [0.25, 0.3) is 0 Å². The van der Waals surface area contributed by atoms with Crippen molar-refractivity contribution in [3.8, 4) is 5.75 Å². The number of hydrogen-bond acceptors (Lipinski definition) is 1. The van der Waals surface area contributed by atoms with Crippen LogP contribution in [0.15, 0.2) is 23.1 Å². The Kier molecular flexibility index (Phi) is 2.76. The Bertz CT molecular complexity index is 415. The van der Waals surface area contributed by atoms with Crippen LogP contribution < -0.4 is 4.74 Å². The van der Waals surface area contributed by atoms with Crippen LogP contribution in [0.1, 0.15) is 5.56 Å². The molecule has 0 unspecified atom stereocenters. The molecule has 0 heterocycles. The molecule has 0 radical (unpaired) electrons. The van der Waals surface area contributed by atoms with Gasteiger partial charge in [0.05, 0.1) is 7.11 Å². The summed E-state index contributed by atoms with van der Waals surface area (Å²) in [4.78, 5) is -1.91. The van der Waals surface area contributed by atoms with E-state index in [0.29, 0.717) is 12.1 Å². The maximum atomic E-state index is 12.4. The van der Waals surface area contributed by atoms with E-state index < -0.39 is 15.1 Å². The van der Waals surface area contributed by atoms with Crippen molar-refractivity contribution in [2.75, 3.05) is 7.11 Å². The van der Waals surface area contributed by atoms with Crippen molar-refractivity contribution in [1.82, 2.24) is 0 Å². The van der Waals surface area contributed by atoms with Crippen molar-refractivity contribution in [2.24, 2.45) is 0 Å². The maximum absolute atomic E-state index is 12.4. The number of methoxy groups -OCH3 is 1. The molecule has 0 aliphatic heterocycles. The molecule has 16 heavy (non-hydrogen) atoms. The summed E-state index contributed by atoms with van der Waals surface area (Å²) in [6, 6.07) is 1.60. The van der Waals surface area contributed by atoms with Crippen LogP contribution in [-0.2, 0) is 5.33 Å². The van der Waals surface area contributed by atoms with Crippen LogP contribution in [0.2, 0.25) is 0 Å². The van der Waals surface area contributed by atoms with Crippen molar-refractivity contribution >= 4 is 26.2 Å². The number of hydrogen-bond donors (Lipinski definition) is 0. The van der Waals surface area contributed by atoms with Gasteiger partial charge < -0.3 is 4.74 Å². The number of benzene rings is 1. The maximum Gasteiger partial charge on any atom is 0.310 e. The minimum atomic E-state index is -9.60. The summed E-state index contributed by atoms with van der Waals surface area (Å²) in [5.74, 6) is 0.127. The zero-order valence-corrected chi connectivity index (χ0v) is 10.4. The smallest absolute Gasteiger partial charge is 0.310 e. The fourth-order valence-corrected chi connectivity index (χ4v) is 2.23. The summed E-state index contributed by atoms with van der Waals surface area (Å²) in [6.07, 6.45) is 0. The van der Waals surface area contributed by atoms with Crippen molar-refractivity contribution < 1.29 is 24.2 Å². The van der Waals surface area contributed by atoms with Gasteiger partial charge in [-0.15, -0.1) is 0 Å². The molecule has 0 saturated heterocycles. The molecule has 1 aromatic rings. The first-order chi connectivity index (χ1) is 6.97. The van der Waals surface area contributed by atoms with E-state index in [1.54, 1.807) is 0 Å². The summed E-state index contributed by atoms with van der Waals surface area (Å²) >= 11 is 2.91. The lowest BCUT2D eigenvalue weighted by Crippen LogP contribution is -2.06. The fraction of sp³-hybridized carbons (Fsp3) is 0.250. The van der Waals surface area contributed by atoms with Gasteiger partial charge in [-0.2, -0.15) is 0 Å². The molecule has 0 atom stereocenters. The fourth-order valence-electron chi connectivity index (χ4n) is 1.10. The van der Waals surface area contributed by atoms with E-state index in [1.807, 2.05) is 0 Å². The third kappa shape index (κ3) is 3.00. The van der Waals surface area contributed by atoms with E-state index in [0.717, 1.165) is 6.07 Å².